The summed E-state index contributed by atoms with van der Waals surface area (Å²) in [5, 5.41) is 0.702. The van der Waals surface area contributed by atoms with Crippen molar-refractivity contribution >= 4 is 45.8 Å². The lowest BCUT2D eigenvalue weighted by Gasteiger charge is -2.35. The van der Waals surface area contributed by atoms with Crippen molar-refractivity contribution in [1.82, 2.24) is 4.90 Å². The number of hydrogen-bond donors (Lipinski definition) is 1. The molecule has 0 aliphatic carbocycles. The molecule has 1 aliphatic heterocycles. The maximum Gasteiger partial charge on any atom is 0.223 e. The molecule has 0 spiro atoms. The first kappa shape index (κ1) is 18.8. The fourth-order valence-corrected chi connectivity index (χ4v) is 3.33. The molecule has 0 aromatic heterocycles. The molecule has 1 unspecified atom stereocenters. The highest BCUT2D eigenvalue weighted by molar-refractivity contribution is 9.10. The Morgan fingerprint density at radius 1 is 1.43 bits per heavy atom. The van der Waals surface area contributed by atoms with Gasteiger partial charge in [0.1, 0.15) is 0 Å². The van der Waals surface area contributed by atoms with Gasteiger partial charge < -0.3 is 10.6 Å². The molecule has 1 heterocycles. The number of likely N-dealkylation sites (tertiary alicyclic amines) is 1. The van der Waals surface area contributed by atoms with Crippen molar-refractivity contribution in [3.8, 4) is 0 Å². The minimum Gasteiger partial charge on any atom is -0.338 e. The molecule has 0 radical (unpaired) electrons. The normalized spacial score (nSPS) is 18.2. The van der Waals surface area contributed by atoms with E-state index in [9.17, 15) is 4.79 Å². The molecule has 1 saturated heterocycles. The van der Waals surface area contributed by atoms with E-state index in [1.54, 1.807) is 0 Å². The van der Waals surface area contributed by atoms with Gasteiger partial charge in [0.05, 0.1) is 0 Å². The monoisotopic (exact) mass is 394 g/mol. The van der Waals surface area contributed by atoms with Crippen LogP contribution in [0.5, 0.6) is 0 Å². The van der Waals surface area contributed by atoms with Crippen LogP contribution in [0.3, 0.4) is 0 Å². The third-order valence-corrected chi connectivity index (χ3v) is 4.84. The minimum absolute atomic E-state index is 0. The number of nitrogens with zero attached hydrogens (tertiary/aromatic N) is 1. The van der Waals surface area contributed by atoms with Gasteiger partial charge in [-0.15, -0.1) is 12.4 Å². The van der Waals surface area contributed by atoms with Crippen LogP contribution < -0.4 is 5.73 Å². The molecule has 1 fully saturated rings. The van der Waals surface area contributed by atoms with Gasteiger partial charge in [-0.1, -0.05) is 27.5 Å². The number of halogens is 3. The van der Waals surface area contributed by atoms with Crippen LogP contribution >= 0.6 is 39.9 Å². The molecular weight excluding hydrogens is 375 g/mol. The van der Waals surface area contributed by atoms with Crippen molar-refractivity contribution in [3.63, 3.8) is 0 Å². The molecule has 1 aromatic rings. The summed E-state index contributed by atoms with van der Waals surface area (Å²) in [6.45, 7) is 1.41. The second kappa shape index (κ2) is 8.99. The standard InChI is InChI=1S/C15H20BrClN2O.ClH/c16-14-6-5-12(17)9-11(14)4-7-15(20)19-8-2-1-3-13(19)10-18;/h5-6,9,13H,1-4,7-8,10,18H2;1H. The molecule has 0 bridgehead atoms. The third-order valence-electron chi connectivity index (χ3n) is 3.84. The molecule has 1 aromatic carbocycles. The summed E-state index contributed by atoms with van der Waals surface area (Å²) in [5.41, 5.74) is 6.84. The molecule has 1 aliphatic rings. The van der Waals surface area contributed by atoms with E-state index >= 15 is 0 Å². The Kier molecular flexibility index (Phi) is 8.03. The lowest BCUT2D eigenvalue weighted by atomic mass is 10.0. The van der Waals surface area contributed by atoms with Gasteiger partial charge >= 0.3 is 0 Å². The van der Waals surface area contributed by atoms with Crippen LogP contribution in [0.4, 0.5) is 0 Å². The number of aryl methyl sites for hydroxylation is 1. The lowest BCUT2D eigenvalue weighted by molar-refractivity contribution is -0.134. The zero-order valence-electron chi connectivity index (χ0n) is 11.9. The summed E-state index contributed by atoms with van der Waals surface area (Å²) in [6.07, 6.45) is 4.50. The molecule has 21 heavy (non-hydrogen) atoms. The molecule has 3 nitrogen and oxygen atoms in total. The predicted octanol–water partition coefficient (Wildman–Crippen LogP) is 3.80. The fourth-order valence-electron chi connectivity index (χ4n) is 2.69. The van der Waals surface area contributed by atoms with Crippen molar-refractivity contribution in [2.24, 2.45) is 5.73 Å². The van der Waals surface area contributed by atoms with E-state index in [1.165, 1.54) is 6.42 Å². The molecule has 0 saturated carbocycles. The maximum atomic E-state index is 12.4. The summed E-state index contributed by atoms with van der Waals surface area (Å²) in [5.74, 6) is 0.201. The molecule has 6 heteroatoms. The van der Waals surface area contributed by atoms with E-state index < -0.39 is 0 Å². The largest absolute Gasteiger partial charge is 0.338 e. The molecule has 1 atom stereocenters. The Bertz CT molecular complexity index is 485. The van der Waals surface area contributed by atoms with Crippen molar-refractivity contribution in [2.75, 3.05) is 13.1 Å². The number of benzene rings is 1. The highest BCUT2D eigenvalue weighted by Gasteiger charge is 2.25. The van der Waals surface area contributed by atoms with Crippen molar-refractivity contribution in [1.29, 1.82) is 0 Å². The SMILES string of the molecule is Cl.NCC1CCCCN1C(=O)CCc1cc(Cl)ccc1Br. The van der Waals surface area contributed by atoms with Gasteiger partial charge in [0, 0.05) is 35.0 Å². The Morgan fingerprint density at radius 3 is 2.90 bits per heavy atom. The number of piperidine rings is 1. The Morgan fingerprint density at radius 2 is 2.19 bits per heavy atom. The van der Waals surface area contributed by atoms with E-state index in [1.807, 2.05) is 23.1 Å². The Balaban J connectivity index is 0.00000220. The number of carbonyl (C=O) groups is 1. The van der Waals surface area contributed by atoms with Crippen LogP contribution in [0, 0.1) is 0 Å². The number of rotatable bonds is 4. The summed E-state index contributed by atoms with van der Waals surface area (Å²) in [6, 6.07) is 5.90. The van der Waals surface area contributed by atoms with E-state index in [4.69, 9.17) is 17.3 Å². The zero-order chi connectivity index (χ0) is 14.5. The average molecular weight is 396 g/mol. The van der Waals surface area contributed by atoms with Gasteiger partial charge in [0.15, 0.2) is 0 Å². The summed E-state index contributed by atoms with van der Waals surface area (Å²) < 4.78 is 1.00. The van der Waals surface area contributed by atoms with Crippen molar-refractivity contribution in [2.45, 2.75) is 38.1 Å². The average Bonchev–Trinajstić information content (AvgIpc) is 2.47. The Hall–Kier alpha value is -0.290. The van der Waals surface area contributed by atoms with Crippen LogP contribution in [-0.2, 0) is 11.2 Å². The molecule has 2 rings (SSSR count). The van der Waals surface area contributed by atoms with Crippen LogP contribution in [0.2, 0.25) is 5.02 Å². The predicted molar refractivity (Wildman–Crippen MR) is 93.1 cm³/mol. The van der Waals surface area contributed by atoms with Gasteiger partial charge in [-0.05, 0) is 49.4 Å². The molecular formula is C15H21BrCl2N2O. The van der Waals surface area contributed by atoms with Crippen molar-refractivity contribution < 1.29 is 4.79 Å². The summed E-state index contributed by atoms with van der Waals surface area (Å²) in [7, 11) is 0. The second-order valence-electron chi connectivity index (χ2n) is 5.21. The lowest BCUT2D eigenvalue weighted by Crippen LogP contribution is -2.47. The molecule has 1 amide bonds. The summed E-state index contributed by atoms with van der Waals surface area (Å²) in [4.78, 5) is 14.3. The van der Waals surface area contributed by atoms with Crippen LogP contribution in [0.15, 0.2) is 22.7 Å². The first-order valence-electron chi connectivity index (χ1n) is 7.05. The van der Waals surface area contributed by atoms with Gasteiger partial charge in [0.2, 0.25) is 5.91 Å². The highest BCUT2D eigenvalue weighted by atomic mass is 79.9. The third kappa shape index (κ3) is 5.13. The number of amides is 1. The minimum atomic E-state index is 0. The van der Waals surface area contributed by atoms with Gasteiger partial charge in [-0.3, -0.25) is 4.79 Å². The number of hydrogen-bond acceptors (Lipinski definition) is 2. The van der Waals surface area contributed by atoms with E-state index in [0.717, 1.165) is 29.4 Å². The topological polar surface area (TPSA) is 46.3 Å². The first-order valence-corrected chi connectivity index (χ1v) is 8.22. The summed E-state index contributed by atoms with van der Waals surface area (Å²) >= 11 is 9.49. The highest BCUT2D eigenvalue weighted by Crippen LogP contribution is 2.23. The van der Waals surface area contributed by atoms with Crippen molar-refractivity contribution in [3.05, 3.63) is 33.3 Å². The molecule has 2 N–H and O–H groups in total. The first-order chi connectivity index (χ1) is 9.61. The van der Waals surface area contributed by atoms with Crippen LogP contribution in [0.1, 0.15) is 31.2 Å². The van der Waals surface area contributed by atoms with Crippen LogP contribution in [0.25, 0.3) is 0 Å². The second-order valence-corrected chi connectivity index (χ2v) is 6.50. The number of carbonyl (C=O) groups excluding carboxylic acids is 1. The molecule has 118 valence electrons. The number of nitrogens with two attached hydrogens (primary N) is 1. The Labute approximate surface area is 145 Å². The quantitative estimate of drug-likeness (QED) is 0.842. The maximum absolute atomic E-state index is 12.4. The van der Waals surface area contributed by atoms with E-state index in [-0.39, 0.29) is 24.4 Å². The van der Waals surface area contributed by atoms with Gasteiger partial charge in [0.25, 0.3) is 0 Å². The van der Waals surface area contributed by atoms with Gasteiger partial charge in [-0.25, -0.2) is 0 Å². The van der Waals surface area contributed by atoms with Crippen LogP contribution in [-0.4, -0.2) is 29.9 Å². The zero-order valence-corrected chi connectivity index (χ0v) is 15.0. The van der Waals surface area contributed by atoms with E-state index in [2.05, 4.69) is 15.9 Å². The fraction of sp³-hybridized carbons (Fsp3) is 0.533. The smallest absolute Gasteiger partial charge is 0.223 e. The van der Waals surface area contributed by atoms with E-state index in [0.29, 0.717) is 24.4 Å². The van der Waals surface area contributed by atoms with Gasteiger partial charge in [-0.2, -0.15) is 0 Å².